The SMILES string of the molecule is NC(=O)CNC(=O)CCCOc1ccc(C(=O)N2CCC(N3C(=O)CCc4ccccc43)CC2)cc1. The Bertz CT molecular complexity index is 1110. The number of fused-ring (bicyclic) bond motifs is 1. The van der Waals surface area contributed by atoms with Gasteiger partial charge in [0.2, 0.25) is 17.7 Å². The number of ether oxygens (including phenoxy) is 1. The first-order valence-electron chi connectivity index (χ1n) is 12.4. The van der Waals surface area contributed by atoms with E-state index in [-0.39, 0.29) is 36.7 Å². The summed E-state index contributed by atoms with van der Waals surface area (Å²) >= 11 is 0. The van der Waals surface area contributed by atoms with Crippen molar-refractivity contribution in [2.45, 2.75) is 44.6 Å². The average molecular weight is 493 g/mol. The molecule has 36 heavy (non-hydrogen) atoms. The van der Waals surface area contributed by atoms with Crippen LogP contribution in [-0.2, 0) is 20.8 Å². The molecule has 0 bridgehead atoms. The highest BCUT2D eigenvalue weighted by Gasteiger charge is 2.33. The number of primary amides is 1. The highest BCUT2D eigenvalue weighted by Crippen LogP contribution is 2.32. The molecule has 2 aliphatic rings. The minimum absolute atomic E-state index is 0.0310. The second-order valence-corrected chi connectivity index (χ2v) is 9.14. The quantitative estimate of drug-likeness (QED) is 0.519. The Hall–Kier alpha value is -3.88. The number of carbonyl (C=O) groups excluding carboxylic acids is 4. The van der Waals surface area contributed by atoms with Crippen molar-refractivity contribution < 1.29 is 23.9 Å². The molecule has 0 spiro atoms. The summed E-state index contributed by atoms with van der Waals surface area (Å²) in [6.07, 6.45) is 3.54. The highest BCUT2D eigenvalue weighted by atomic mass is 16.5. The molecule has 2 aliphatic heterocycles. The number of nitrogens with two attached hydrogens (primary N) is 1. The summed E-state index contributed by atoms with van der Waals surface area (Å²) in [6, 6.07) is 15.2. The van der Waals surface area contributed by atoms with E-state index in [2.05, 4.69) is 11.4 Å². The maximum atomic E-state index is 13.0. The van der Waals surface area contributed by atoms with Gasteiger partial charge in [-0.05, 0) is 61.6 Å². The van der Waals surface area contributed by atoms with Gasteiger partial charge in [-0.25, -0.2) is 0 Å². The van der Waals surface area contributed by atoms with E-state index < -0.39 is 5.91 Å². The minimum atomic E-state index is -0.582. The predicted molar refractivity (Wildman–Crippen MR) is 135 cm³/mol. The van der Waals surface area contributed by atoms with Crippen LogP contribution in [0.15, 0.2) is 48.5 Å². The van der Waals surface area contributed by atoms with Crippen LogP contribution < -0.4 is 20.7 Å². The molecule has 0 aliphatic carbocycles. The smallest absolute Gasteiger partial charge is 0.253 e. The molecule has 1 fully saturated rings. The van der Waals surface area contributed by atoms with Crippen molar-refractivity contribution >= 4 is 29.3 Å². The number of nitrogens with one attached hydrogen (secondary N) is 1. The third-order valence-electron chi connectivity index (χ3n) is 6.62. The Balaban J connectivity index is 1.24. The molecule has 1 saturated heterocycles. The zero-order valence-electron chi connectivity index (χ0n) is 20.3. The second kappa shape index (κ2) is 11.7. The van der Waals surface area contributed by atoms with Gasteiger partial charge >= 0.3 is 0 Å². The van der Waals surface area contributed by atoms with Gasteiger partial charge in [0.1, 0.15) is 5.75 Å². The largest absolute Gasteiger partial charge is 0.494 e. The number of rotatable bonds is 9. The Morgan fingerprint density at radius 2 is 1.72 bits per heavy atom. The van der Waals surface area contributed by atoms with Crippen LogP contribution in [0.4, 0.5) is 5.69 Å². The Morgan fingerprint density at radius 1 is 1.00 bits per heavy atom. The number of nitrogens with zero attached hydrogens (tertiary/aromatic N) is 2. The van der Waals surface area contributed by atoms with Crippen molar-refractivity contribution in [2.75, 3.05) is 31.1 Å². The Kier molecular flexibility index (Phi) is 8.20. The molecule has 3 N–H and O–H groups in total. The fraction of sp³-hybridized carbons (Fsp3) is 0.407. The molecule has 190 valence electrons. The summed E-state index contributed by atoms with van der Waals surface area (Å²) in [4.78, 5) is 51.8. The van der Waals surface area contributed by atoms with E-state index in [1.165, 1.54) is 5.56 Å². The normalized spacial score (nSPS) is 15.8. The molecule has 4 amide bonds. The van der Waals surface area contributed by atoms with Gasteiger partial charge in [-0.1, -0.05) is 18.2 Å². The number of benzene rings is 2. The van der Waals surface area contributed by atoms with E-state index in [0.717, 1.165) is 24.9 Å². The molecule has 0 radical (unpaired) electrons. The first-order valence-corrected chi connectivity index (χ1v) is 12.4. The number of piperidine rings is 1. The van der Waals surface area contributed by atoms with Gasteiger partial charge in [-0.3, -0.25) is 19.2 Å². The molecule has 2 aromatic carbocycles. The van der Waals surface area contributed by atoms with Gasteiger partial charge in [0.25, 0.3) is 5.91 Å². The van der Waals surface area contributed by atoms with Gasteiger partial charge < -0.3 is 25.6 Å². The van der Waals surface area contributed by atoms with Crippen molar-refractivity contribution in [1.29, 1.82) is 0 Å². The lowest BCUT2D eigenvalue weighted by atomic mass is 9.95. The van der Waals surface area contributed by atoms with Crippen molar-refractivity contribution in [3.63, 3.8) is 0 Å². The van der Waals surface area contributed by atoms with Crippen LogP contribution in [0.25, 0.3) is 0 Å². The first-order chi connectivity index (χ1) is 17.4. The third-order valence-corrected chi connectivity index (χ3v) is 6.62. The summed E-state index contributed by atoms with van der Waals surface area (Å²) in [7, 11) is 0. The number of likely N-dealkylation sites (tertiary alicyclic amines) is 1. The molecule has 9 nitrogen and oxygen atoms in total. The number of hydrogen-bond donors (Lipinski definition) is 2. The molecular weight excluding hydrogens is 460 g/mol. The van der Waals surface area contributed by atoms with Crippen molar-refractivity contribution in [2.24, 2.45) is 5.73 Å². The predicted octanol–water partition coefficient (Wildman–Crippen LogP) is 2.03. The second-order valence-electron chi connectivity index (χ2n) is 9.14. The molecule has 2 heterocycles. The van der Waals surface area contributed by atoms with Gasteiger partial charge in [0, 0.05) is 43.2 Å². The molecule has 0 aromatic heterocycles. The number of carbonyl (C=O) groups is 4. The van der Waals surface area contributed by atoms with Gasteiger partial charge in [0.15, 0.2) is 0 Å². The van der Waals surface area contributed by atoms with Gasteiger partial charge in [-0.2, -0.15) is 0 Å². The standard InChI is InChI=1S/C27H32N4O5/c28-24(32)18-29-25(33)6-3-17-36-22-10-7-20(8-11-22)27(35)30-15-13-21(14-16-30)31-23-5-2-1-4-19(23)9-12-26(31)34/h1-2,4-5,7-8,10-11,21H,3,6,9,12-18H2,(H2,28,32)(H,29,33). The van der Waals surface area contributed by atoms with E-state index in [0.29, 0.717) is 43.9 Å². The lowest BCUT2D eigenvalue weighted by Gasteiger charge is -2.41. The first kappa shape index (κ1) is 25.2. The maximum Gasteiger partial charge on any atom is 0.253 e. The van der Waals surface area contributed by atoms with Crippen molar-refractivity contribution in [3.8, 4) is 5.75 Å². The molecule has 9 heteroatoms. The van der Waals surface area contributed by atoms with E-state index >= 15 is 0 Å². The van der Waals surface area contributed by atoms with Crippen LogP contribution in [0.2, 0.25) is 0 Å². The van der Waals surface area contributed by atoms with Crippen LogP contribution >= 0.6 is 0 Å². The summed E-state index contributed by atoms with van der Waals surface area (Å²) in [5.74, 6) is -0.0839. The number of para-hydroxylation sites is 1. The van der Waals surface area contributed by atoms with Crippen molar-refractivity contribution in [3.05, 3.63) is 59.7 Å². The molecule has 2 aromatic rings. The molecule has 0 atom stereocenters. The zero-order valence-corrected chi connectivity index (χ0v) is 20.3. The fourth-order valence-electron chi connectivity index (χ4n) is 4.75. The number of hydrogen-bond acceptors (Lipinski definition) is 5. The van der Waals surface area contributed by atoms with E-state index in [9.17, 15) is 19.2 Å². The Morgan fingerprint density at radius 3 is 2.44 bits per heavy atom. The topological polar surface area (TPSA) is 122 Å². The van der Waals surface area contributed by atoms with Crippen LogP contribution in [0.3, 0.4) is 0 Å². The summed E-state index contributed by atoms with van der Waals surface area (Å²) in [5.41, 5.74) is 7.81. The fourth-order valence-corrected chi connectivity index (χ4v) is 4.75. The van der Waals surface area contributed by atoms with E-state index in [4.69, 9.17) is 10.5 Å². The number of anilines is 1. The van der Waals surface area contributed by atoms with Gasteiger partial charge in [0.05, 0.1) is 13.2 Å². The molecule has 4 rings (SSSR count). The van der Waals surface area contributed by atoms with Gasteiger partial charge in [-0.15, -0.1) is 0 Å². The summed E-state index contributed by atoms with van der Waals surface area (Å²) < 4.78 is 5.65. The maximum absolute atomic E-state index is 13.0. The minimum Gasteiger partial charge on any atom is -0.494 e. The highest BCUT2D eigenvalue weighted by molar-refractivity contribution is 5.97. The molecule has 0 unspecified atom stereocenters. The third kappa shape index (κ3) is 6.21. The van der Waals surface area contributed by atoms with E-state index in [1.807, 2.05) is 28.0 Å². The molecule has 0 saturated carbocycles. The number of amides is 4. The average Bonchev–Trinajstić information content (AvgIpc) is 2.90. The monoisotopic (exact) mass is 492 g/mol. The van der Waals surface area contributed by atoms with Crippen LogP contribution in [0.1, 0.15) is 48.0 Å². The van der Waals surface area contributed by atoms with Crippen LogP contribution in [0.5, 0.6) is 5.75 Å². The van der Waals surface area contributed by atoms with Crippen molar-refractivity contribution in [1.82, 2.24) is 10.2 Å². The number of aryl methyl sites for hydroxylation is 1. The van der Waals surface area contributed by atoms with Crippen LogP contribution in [0, 0.1) is 0 Å². The van der Waals surface area contributed by atoms with Crippen LogP contribution in [-0.4, -0.2) is 60.8 Å². The molecular formula is C27H32N4O5. The zero-order chi connectivity index (χ0) is 25.5. The van der Waals surface area contributed by atoms with E-state index in [1.54, 1.807) is 24.3 Å². The summed E-state index contributed by atoms with van der Waals surface area (Å²) in [6.45, 7) is 1.37. The lowest BCUT2D eigenvalue weighted by Crippen LogP contribution is -2.50. The summed E-state index contributed by atoms with van der Waals surface area (Å²) in [5, 5.41) is 2.43. The lowest BCUT2D eigenvalue weighted by molar-refractivity contribution is -0.124. The Labute approximate surface area is 210 Å².